The van der Waals surface area contributed by atoms with E-state index in [1.807, 2.05) is 12.1 Å². The highest BCUT2D eigenvalue weighted by molar-refractivity contribution is 6.75. The molecule has 0 spiro atoms. The van der Waals surface area contributed by atoms with Crippen molar-refractivity contribution in [3.8, 4) is 18.1 Å². The third kappa shape index (κ3) is 14.6. The quantitative estimate of drug-likeness (QED) is 0.103. The van der Waals surface area contributed by atoms with E-state index in [0.29, 0.717) is 13.0 Å². The number of ether oxygens (including phenoxy) is 3. The summed E-state index contributed by atoms with van der Waals surface area (Å²) in [7, 11) is -4.38. The molecule has 0 radical (unpaired) electrons. The lowest BCUT2D eigenvalue weighted by atomic mass is 9.93. The molecule has 1 saturated heterocycles. The fourth-order valence-electron chi connectivity index (χ4n) is 5.90. The molecule has 6 nitrogen and oxygen atoms in total. The lowest BCUT2D eigenvalue weighted by Crippen LogP contribution is -2.49. The minimum Gasteiger partial charge on any atom is -0.497 e. The Balaban J connectivity index is 2.36. The molecular weight excluding hydrogens is 697 g/mol. The van der Waals surface area contributed by atoms with Crippen molar-refractivity contribution in [3.05, 3.63) is 29.8 Å². The van der Waals surface area contributed by atoms with E-state index in [4.69, 9.17) is 33.9 Å². The minimum atomic E-state index is -2.15. The fourth-order valence-corrected chi connectivity index (χ4v) is 9.72. The predicted octanol–water partition coefficient (Wildman–Crippen LogP) is 12.2. The molecule has 52 heavy (non-hydrogen) atoms. The molecule has 1 aromatic carbocycles. The molecule has 0 saturated carbocycles. The highest BCUT2D eigenvalue weighted by Crippen LogP contribution is 2.42. The van der Waals surface area contributed by atoms with Gasteiger partial charge in [-0.05, 0) is 124 Å². The maximum absolute atomic E-state index is 7.34. The molecule has 1 heterocycles. The Morgan fingerprint density at radius 1 is 0.769 bits per heavy atom. The van der Waals surface area contributed by atoms with Gasteiger partial charge in [0.2, 0.25) is 0 Å². The van der Waals surface area contributed by atoms with Crippen LogP contribution in [0.15, 0.2) is 24.3 Å². The number of rotatable bonds is 19. The first-order valence-corrected chi connectivity index (χ1v) is 28.8. The maximum Gasteiger partial charge on any atom is 0.192 e. The van der Waals surface area contributed by atoms with E-state index >= 15 is 0 Å². The van der Waals surface area contributed by atoms with Crippen molar-refractivity contribution in [1.82, 2.24) is 0 Å². The molecule has 6 atom stereocenters. The molecular formula is C43H80O6Si3. The van der Waals surface area contributed by atoms with Gasteiger partial charge in [0.1, 0.15) is 5.75 Å². The number of hydrogen-bond acceptors (Lipinski definition) is 6. The Hall–Kier alpha value is -0.969. The van der Waals surface area contributed by atoms with E-state index in [1.54, 1.807) is 7.11 Å². The topological polar surface area (TPSA) is 55.4 Å². The van der Waals surface area contributed by atoms with Crippen LogP contribution in [-0.2, 0) is 29.4 Å². The van der Waals surface area contributed by atoms with Crippen LogP contribution in [0, 0.1) is 18.3 Å². The summed E-state index contributed by atoms with van der Waals surface area (Å²) in [5.41, 5.74) is 1.09. The van der Waals surface area contributed by atoms with Gasteiger partial charge in [0.25, 0.3) is 0 Å². The zero-order valence-electron chi connectivity index (χ0n) is 36.7. The van der Waals surface area contributed by atoms with Gasteiger partial charge in [0.05, 0.1) is 32.0 Å². The Morgan fingerprint density at radius 2 is 1.29 bits per heavy atom. The van der Waals surface area contributed by atoms with Gasteiger partial charge in [-0.3, -0.25) is 0 Å². The SMILES string of the molecule is C#C[C@H](C)[C@@H](C[C@H](CC(C[C@@H]1CCC[C@H](CCO[Si](C)(C)C(C)(C)C)O1)O[Si](C)(C)C(C)(C)C)O[Si](C)(C)C(C)(C)C)OCc1ccc(OC)cc1. The lowest BCUT2D eigenvalue weighted by Gasteiger charge is -2.44. The highest BCUT2D eigenvalue weighted by atomic mass is 28.4. The molecule has 0 aromatic heterocycles. The Bertz CT molecular complexity index is 1240. The average molecular weight is 777 g/mol. The number of methoxy groups -OCH3 is 1. The molecule has 2 rings (SSSR count). The molecule has 1 fully saturated rings. The maximum atomic E-state index is 7.34. The summed E-state index contributed by atoms with van der Waals surface area (Å²) in [6.07, 6.45) is 12.9. The Labute approximate surface area is 324 Å². The third-order valence-corrected chi connectivity index (χ3v) is 26.3. The molecule has 1 aromatic rings. The van der Waals surface area contributed by atoms with Crippen LogP contribution >= 0.6 is 0 Å². The van der Waals surface area contributed by atoms with Crippen molar-refractivity contribution < 1.29 is 27.5 Å². The normalized spacial score (nSPS) is 20.5. The molecule has 1 aliphatic heterocycles. The second-order valence-electron chi connectivity index (χ2n) is 20.1. The summed E-state index contributed by atoms with van der Waals surface area (Å²) in [6, 6.07) is 8.06. The summed E-state index contributed by atoms with van der Waals surface area (Å²) in [4.78, 5) is 0. The van der Waals surface area contributed by atoms with Gasteiger partial charge in [-0.15, -0.1) is 12.3 Å². The van der Waals surface area contributed by atoms with Crippen LogP contribution in [0.3, 0.4) is 0 Å². The smallest absolute Gasteiger partial charge is 0.192 e. The first kappa shape index (κ1) is 47.2. The van der Waals surface area contributed by atoms with Crippen molar-refractivity contribution in [3.63, 3.8) is 0 Å². The highest BCUT2D eigenvalue weighted by Gasteiger charge is 2.44. The van der Waals surface area contributed by atoms with Crippen molar-refractivity contribution in [2.24, 2.45) is 5.92 Å². The summed E-state index contributed by atoms with van der Waals surface area (Å²) in [5.74, 6) is 3.76. The molecule has 0 amide bonds. The van der Waals surface area contributed by atoms with E-state index in [9.17, 15) is 0 Å². The van der Waals surface area contributed by atoms with E-state index in [2.05, 4.69) is 127 Å². The Kier molecular flexibility index (Phi) is 17.5. The van der Waals surface area contributed by atoms with Gasteiger partial charge in [0.15, 0.2) is 25.0 Å². The van der Waals surface area contributed by atoms with Crippen molar-refractivity contribution in [1.29, 1.82) is 0 Å². The second kappa shape index (κ2) is 19.3. The fraction of sp³-hybridized carbons (Fsp3) is 0.814. The van der Waals surface area contributed by atoms with Crippen LogP contribution in [0.2, 0.25) is 54.4 Å². The molecule has 0 N–H and O–H groups in total. The van der Waals surface area contributed by atoms with E-state index in [-0.39, 0.29) is 51.6 Å². The average Bonchev–Trinajstić information content (AvgIpc) is 3.01. The van der Waals surface area contributed by atoms with E-state index in [0.717, 1.165) is 50.0 Å². The number of terminal acetylenes is 1. The third-order valence-electron chi connectivity index (χ3n) is 12.7. The largest absolute Gasteiger partial charge is 0.497 e. The van der Waals surface area contributed by atoms with Gasteiger partial charge in [-0.1, -0.05) is 74.4 Å². The van der Waals surface area contributed by atoms with Gasteiger partial charge in [-0.2, -0.15) is 0 Å². The number of benzene rings is 1. The monoisotopic (exact) mass is 777 g/mol. The van der Waals surface area contributed by atoms with Crippen LogP contribution in [-0.4, -0.2) is 69.2 Å². The molecule has 1 unspecified atom stereocenters. The second-order valence-corrected chi connectivity index (χ2v) is 34.4. The van der Waals surface area contributed by atoms with E-state index < -0.39 is 25.0 Å². The van der Waals surface area contributed by atoms with Crippen LogP contribution in [0.4, 0.5) is 0 Å². The molecule has 0 bridgehead atoms. The van der Waals surface area contributed by atoms with Crippen molar-refractivity contribution in [2.45, 2.75) is 206 Å². The standard InChI is InChI=1S/C43H80O6Si3/c1-19-33(2)40(45-32-34-23-25-35(44-12)26-24-34)31-39(49-52(17,18)43(9,10)11)30-38(48-51(15,16)42(6,7)8)29-37-22-20-21-36(47-37)27-28-46-50(13,14)41(3,4)5/h1,23-26,33,36-40H,20-22,27-32H2,2-18H3/t33-,36+,37-,38?,39-,40+/m0/s1. The summed E-state index contributed by atoms with van der Waals surface area (Å²) in [5, 5.41) is 0.350. The van der Waals surface area contributed by atoms with Crippen LogP contribution < -0.4 is 4.74 Å². The minimum absolute atomic E-state index is 0.00581. The first-order chi connectivity index (χ1) is 23.7. The van der Waals surface area contributed by atoms with Crippen LogP contribution in [0.1, 0.15) is 120 Å². The molecule has 300 valence electrons. The molecule has 9 heteroatoms. The van der Waals surface area contributed by atoms with Crippen molar-refractivity contribution >= 4 is 25.0 Å². The number of hydrogen-bond donors (Lipinski definition) is 0. The van der Waals surface area contributed by atoms with Crippen molar-refractivity contribution in [2.75, 3.05) is 13.7 Å². The summed E-state index contributed by atoms with van der Waals surface area (Å²) < 4.78 is 40.1. The Morgan fingerprint density at radius 3 is 1.79 bits per heavy atom. The van der Waals surface area contributed by atoms with Gasteiger partial charge >= 0.3 is 0 Å². The summed E-state index contributed by atoms with van der Waals surface area (Å²) >= 11 is 0. The molecule has 1 aliphatic rings. The van der Waals surface area contributed by atoms with Gasteiger partial charge in [-0.25, -0.2) is 0 Å². The summed E-state index contributed by atoms with van der Waals surface area (Å²) in [6.45, 7) is 38.3. The zero-order chi connectivity index (χ0) is 39.8. The van der Waals surface area contributed by atoms with Crippen LogP contribution in [0.25, 0.3) is 0 Å². The van der Waals surface area contributed by atoms with Gasteiger partial charge < -0.3 is 27.5 Å². The van der Waals surface area contributed by atoms with Crippen LogP contribution in [0.5, 0.6) is 5.75 Å². The zero-order valence-corrected chi connectivity index (χ0v) is 39.7. The van der Waals surface area contributed by atoms with Gasteiger partial charge in [0, 0.05) is 24.7 Å². The van der Waals surface area contributed by atoms with E-state index in [1.165, 1.54) is 6.42 Å². The first-order valence-electron chi connectivity index (χ1n) is 20.1. The predicted molar refractivity (Wildman–Crippen MR) is 228 cm³/mol. The molecule has 0 aliphatic carbocycles. The lowest BCUT2D eigenvalue weighted by molar-refractivity contribution is -0.0786.